The highest BCUT2D eigenvalue weighted by molar-refractivity contribution is 5.33. The standard InChI is InChI=1S/C12H20O/c1-6-10-8-12(3,4)11(13-5)7-9(10)2/h7H,6,8H2,1-5H3. The fourth-order valence-corrected chi connectivity index (χ4v) is 1.99. The molecule has 1 heteroatoms. The Balaban J connectivity index is 3.02. The van der Waals surface area contributed by atoms with Gasteiger partial charge in [-0.05, 0) is 31.4 Å². The normalized spacial score (nSPS) is 21.5. The van der Waals surface area contributed by atoms with Gasteiger partial charge in [-0.3, -0.25) is 0 Å². The van der Waals surface area contributed by atoms with Gasteiger partial charge in [-0.15, -0.1) is 0 Å². The zero-order chi connectivity index (χ0) is 10.1. The minimum atomic E-state index is 0.180. The highest BCUT2D eigenvalue weighted by atomic mass is 16.5. The summed E-state index contributed by atoms with van der Waals surface area (Å²) in [6.07, 6.45) is 4.47. The number of ether oxygens (including phenoxy) is 1. The average Bonchev–Trinajstić information content (AvgIpc) is 2.08. The zero-order valence-corrected chi connectivity index (χ0v) is 9.40. The monoisotopic (exact) mass is 180 g/mol. The third kappa shape index (κ3) is 1.96. The molecule has 1 aliphatic carbocycles. The minimum absolute atomic E-state index is 0.180. The second-order valence-electron chi connectivity index (χ2n) is 4.41. The molecule has 0 aromatic carbocycles. The lowest BCUT2D eigenvalue weighted by molar-refractivity contribution is 0.189. The predicted octanol–water partition coefficient (Wildman–Crippen LogP) is 3.67. The molecule has 0 N–H and O–H groups in total. The highest BCUT2D eigenvalue weighted by Crippen LogP contribution is 2.40. The smallest absolute Gasteiger partial charge is 0.102 e. The molecule has 0 spiro atoms. The molecule has 0 unspecified atom stereocenters. The maximum Gasteiger partial charge on any atom is 0.102 e. The Morgan fingerprint density at radius 1 is 1.46 bits per heavy atom. The third-order valence-electron chi connectivity index (χ3n) is 2.87. The van der Waals surface area contributed by atoms with Crippen molar-refractivity contribution in [1.82, 2.24) is 0 Å². The van der Waals surface area contributed by atoms with Gasteiger partial charge in [-0.1, -0.05) is 26.3 Å². The molecule has 0 saturated carbocycles. The van der Waals surface area contributed by atoms with E-state index in [9.17, 15) is 0 Å². The van der Waals surface area contributed by atoms with Crippen LogP contribution < -0.4 is 0 Å². The first-order chi connectivity index (χ1) is 6.01. The van der Waals surface area contributed by atoms with E-state index in [-0.39, 0.29) is 5.41 Å². The molecule has 74 valence electrons. The number of allylic oxidation sites excluding steroid dienone is 4. The molecule has 0 radical (unpaired) electrons. The molecule has 0 atom stereocenters. The largest absolute Gasteiger partial charge is 0.501 e. The molecule has 0 aliphatic heterocycles. The third-order valence-corrected chi connectivity index (χ3v) is 2.87. The second-order valence-corrected chi connectivity index (χ2v) is 4.41. The van der Waals surface area contributed by atoms with E-state index in [4.69, 9.17) is 4.74 Å². The molecule has 0 amide bonds. The molecule has 1 rings (SSSR count). The summed E-state index contributed by atoms with van der Waals surface area (Å²) in [5.74, 6) is 1.11. The summed E-state index contributed by atoms with van der Waals surface area (Å²) in [4.78, 5) is 0. The average molecular weight is 180 g/mol. The van der Waals surface area contributed by atoms with E-state index in [1.165, 1.54) is 5.57 Å². The van der Waals surface area contributed by atoms with Crippen LogP contribution >= 0.6 is 0 Å². The Morgan fingerprint density at radius 3 is 2.54 bits per heavy atom. The summed E-state index contributed by atoms with van der Waals surface area (Å²) in [6.45, 7) is 8.88. The Hall–Kier alpha value is -0.720. The van der Waals surface area contributed by atoms with Gasteiger partial charge in [-0.25, -0.2) is 0 Å². The Bertz CT molecular complexity index is 256. The fraction of sp³-hybridized carbons (Fsp3) is 0.667. The van der Waals surface area contributed by atoms with Gasteiger partial charge in [0.1, 0.15) is 5.76 Å². The van der Waals surface area contributed by atoms with Crippen LogP contribution in [0.2, 0.25) is 0 Å². The van der Waals surface area contributed by atoms with E-state index in [1.807, 2.05) is 0 Å². The van der Waals surface area contributed by atoms with Gasteiger partial charge >= 0.3 is 0 Å². The van der Waals surface area contributed by atoms with Gasteiger partial charge < -0.3 is 4.74 Å². The van der Waals surface area contributed by atoms with E-state index < -0.39 is 0 Å². The van der Waals surface area contributed by atoms with Crippen LogP contribution in [0.3, 0.4) is 0 Å². The summed E-state index contributed by atoms with van der Waals surface area (Å²) in [6, 6.07) is 0. The van der Waals surface area contributed by atoms with Crippen LogP contribution in [-0.2, 0) is 4.74 Å². The molecule has 0 bridgehead atoms. The number of hydrogen-bond donors (Lipinski definition) is 0. The van der Waals surface area contributed by atoms with Crippen molar-refractivity contribution in [2.45, 2.75) is 40.5 Å². The first kappa shape index (κ1) is 10.4. The van der Waals surface area contributed by atoms with Crippen LogP contribution in [0, 0.1) is 5.41 Å². The van der Waals surface area contributed by atoms with Crippen molar-refractivity contribution in [2.24, 2.45) is 5.41 Å². The topological polar surface area (TPSA) is 9.23 Å². The Morgan fingerprint density at radius 2 is 2.08 bits per heavy atom. The van der Waals surface area contributed by atoms with Gasteiger partial charge in [0.05, 0.1) is 7.11 Å². The molecule has 0 fully saturated rings. The van der Waals surface area contributed by atoms with Crippen molar-refractivity contribution in [3.63, 3.8) is 0 Å². The van der Waals surface area contributed by atoms with E-state index >= 15 is 0 Å². The molecule has 0 aromatic rings. The van der Waals surface area contributed by atoms with Gasteiger partial charge in [0.2, 0.25) is 0 Å². The molecule has 0 saturated heterocycles. The molecule has 0 aromatic heterocycles. The first-order valence-corrected chi connectivity index (χ1v) is 4.96. The molecule has 13 heavy (non-hydrogen) atoms. The lowest BCUT2D eigenvalue weighted by atomic mass is 9.77. The molecule has 1 nitrogen and oxygen atoms in total. The molecule has 0 heterocycles. The van der Waals surface area contributed by atoms with Crippen LogP contribution in [0.4, 0.5) is 0 Å². The minimum Gasteiger partial charge on any atom is -0.501 e. The maximum absolute atomic E-state index is 5.40. The Labute approximate surface area is 81.5 Å². The van der Waals surface area contributed by atoms with Crippen LogP contribution in [0.25, 0.3) is 0 Å². The highest BCUT2D eigenvalue weighted by Gasteiger charge is 2.29. The lowest BCUT2D eigenvalue weighted by Gasteiger charge is -2.32. The van der Waals surface area contributed by atoms with Crippen molar-refractivity contribution in [3.8, 4) is 0 Å². The van der Waals surface area contributed by atoms with Crippen LogP contribution in [0.1, 0.15) is 40.5 Å². The van der Waals surface area contributed by atoms with Gasteiger partial charge in [0, 0.05) is 5.41 Å². The van der Waals surface area contributed by atoms with Crippen molar-refractivity contribution < 1.29 is 4.74 Å². The second kappa shape index (κ2) is 3.57. The molecular weight excluding hydrogens is 160 g/mol. The van der Waals surface area contributed by atoms with Crippen molar-refractivity contribution >= 4 is 0 Å². The van der Waals surface area contributed by atoms with Crippen LogP contribution in [0.5, 0.6) is 0 Å². The first-order valence-electron chi connectivity index (χ1n) is 4.96. The molecular formula is C12H20O. The van der Waals surface area contributed by atoms with Crippen LogP contribution in [-0.4, -0.2) is 7.11 Å². The predicted molar refractivity (Wildman–Crippen MR) is 56.5 cm³/mol. The summed E-state index contributed by atoms with van der Waals surface area (Å²) in [7, 11) is 1.76. The molecule has 1 aliphatic rings. The summed E-state index contributed by atoms with van der Waals surface area (Å²) < 4.78 is 5.40. The van der Waals surface area contributed by atoms with Gasteiger partial charge in [-0.2, -0.15) is 0 Å². The van der Waals surface area contributed by atoms with Crippen LogP contribution in [0.15, 0.2) is 23.0 Å². The zero-order valence-electron chi connectivity index (χ0n) is 9.40. The summed E-state index contributed by atoms with van der Waals surface area (Å²) in [5.41, 5.74) is 3.13. The van der Waals surface area contributed by atoms with Crippen molar-refractivity contribution in [2.75, 3.05) is 7.11 Å². The number of methoxy groups -OCH3 is 1. The summed E-state index contributed by atoms with van der Waals surface area (Å²) >= 11 is 0. The van der Waals surface area contributed by atoms with E-state index in [0.29, 0.717) is 0 Å². The van der Waals surface area contributed by atoms with Gasteiger partial charge in [0.25, 0.3) is 0 Å². The SMILES string of the molecule is CCC1=C(C)C=C(OC)C(C)(C)C1. The van der Waals surface area contributed by atoms with Crippen molar-refractivity contribution in [3.05, 3.63) is 23.0 Å². The van der Waals surface area contributed by atoms with Gasteiger partial charge in [0.15, 0.2) is 0 Å². The summed E-state index contributed by atoms with van der Waals surface area (Å²) in [5, 5.41) is 0. The van der Waals surface area contributed by atoms with E-state index in [2.05, 4.69) is 33.8 Å². The number of hydrogen-bond acceptors (Lipinski definition) is 1. The van der Waals surface area contributed by atoms with Crippen molar-refractivity contribution in [1.29, 1.82) is 0 Å². The maximum atomic E-state index is 5.40. The lowest BCUT2D eigenvalue weighted by Crippen LogP contribution is -2.20. The fourth-order valence-electron chi connectivity index (χ4n) is 1.99. The van der Waals surface area contributed by atoms with E-state index in [0.717, 1.165) is 18.6 Å². The number of rotatable bonds is 2. The Kier molecular flexibility index (Phi) is 2.84. The quantitative estimate of drug-likeness (QED) is 0.630. The van der Waals surface area contributed by atoms with E-state index in [1.54, 1.807) is 12.7 Å².